The van der Waals surface area contributed by atoms with Gasteiger partial charge in [-0.1, -0.05) is 30.3 Å². The summed E-state index contributed by atoms with van der Waals surface area (Å²) in [6, 6.07) is 14.9. The van der Waals surface area contributed by atoms with Crippen molar-refractivity contribution in [3.05, 3.63) is 65.7 Å². The van der Waals surface area contributed by atoms with Gasteiger partial charge in [0.15, 0.2) is 0 Å². The molecule has 9 heteroatoms. The quantitative estimate of drug-likeness (QED) is 0.684. The van der Waals surface area contributed by atoms with Crippen LogP contribution in [0.5, 0.6) is 0 Å². The van der Waals surface area contributed by atoms with Crippen LogP contribution >= 0.6 is 0 Å². The normalized spacial score (nSPS) is 13.6. The molecule has 3 amide bonds. The lowest BCUT2D eigenvalue weighted by Gasteiger charge is -2.14. The number of carbonyl (C=O) groups excluding carboxylic acids is 3. The number of nitrogens with zero attached hydrogens (tertiary/aromatic N) is 1. The Morgan fingerprint density at radius 2 is 1.44 bits per heavy atom. The zero-order valence-corrected chi connectivity index (χ0v) is 15.0. The largest absolute Gasteiger partial charge is 0.325 e. The van der Waals surface area contributed by atoms with E-state index in [0.717, 1.165) is 4.90 Å². The van der Waals surface area contributed by atoms with Crippen LogP contribution in [0.25, 0.3) is 0 Å². The smallest absolute Gasteiger partial charge is 0.261 e. The second-order valence-electron chi connectivity index (χ2n) is 5.86. The van der Waals surface area contributed by atoms with E-state index < -0.39 is 40.0 Å². The first kappa shape index (κ1) is 18.7. The van der Waals surface area contributed by atoms with E-state index in [1.54, 1.807) is 42.5 Å². The van der Waals surface area contributed by atoms with Gasteiger partial charge in [-0.3, -0.25) is 19.3 Å². The minimum atomic E-state index is -3.85. The molecular formula is C18H17N3O5S. The van der Waals surface area contributed by atoms with Crippen molar-refractivity contribution in [1.29, 1.82) is 0 Å². The average molecular weight is 387 g/mol. The van der Waals surface area contributed by atoms with E-state index in [4.69, 9.17) is 0 Å². The van der Waals surface area contributed by atoms with Gasteiger partial charge < -0.3 is 5.32 Å². The van der Waals surface area contributed by atoms with Gasteiger partial charge in [-0.15, -0.1) is 0 Å². The summed E-state index contributed by atoms with van der Waals surface area (Å²) >= 11 is 0. The molecular weight excluding hydrogens is 370 g/mol. The van der Waals surface area contributed by atoms with Crippen molar-refractivity contribution in [2.75, 3.05) is 24.2 Å². The fourth-order valence-corrected chi connectivity index (χ4v) is 3.55. The number of fused-ring (bicyclic) bond motifs is 1. The molecule has 1 heterocycles. The predicted octanol–water partition coefficient (Wildman–Crippen LogP) is 0.841. The van der Waals surface area contributed by atoms with E-state index in [-0.39, 0.29) is 17.7 Å². The van der Waals surface area contributed by atoms with Gasteiger partial charge in [0.1, 0.15) is 0 Å². The van der Waals surface area contributed by atoms with Gasteiger partial charge in [0.25, 0.3) is 11.8 Å². The summed E-state index contributed by atoms with van der Waals surface area (Å²) in [5.41, 5.74) is 1.07. The lowest BCUT2D eigenvalue weighted by atomic mass is 10.1. The number of hydrogen-bond donors (Lipinski definition) is 2. The third-order valence-corrected chi connectivity index (χ3v) is 5.28. The van der Waals surface area contributed by atoms with E-state index >= 15 is 0 Å². The van der Waals surface area contributed by atoms with Crippen molar-refractivity contribution >= 4 is 33.4 Å². The van der Waals surface area contributed by atoms with Crippen LogP contribution in [0.4, 0.5) is 5.69 Å². The molecule has 1 aliphatic heterocycles. The number of para-hydroxylation sites is 1. The average Bonchev–Trinajstić information content (AvgIpc) is 2.90. The van der Waals surface area contributed by atoms with Crippen LogP contribution in [-0.4, -0.2) is 49.9 Å². The molecule has 0 atom stereocenters. The Kier molecular flexibility index (Phi) is 5.33. The maximum Gasteiger partial charge on any atom is 0.261 e. The third-order valence-electron chi connectivity index (χ3n) is 3.97. The Morgan fingerprint density at radius 1 is 0.889 bits per heavy atom. The molecule has 2 aromatic carbocycles. The first-order valence-corrected chi connectivity index (χ1v) is 9.80. The highest BCUT2D eigenvalue weighted by Gasteiger charge is 2.35. The molecule has 0 radical (unpaired) electrons. The second-order valence-corrected chi connectivity index (χ2v) is 7.79. The van der Waals surface area contributed by atoms with Crippen molar-refractivity contribution in [3.63, 3.8) is 0 Å². The van der Waals surface area contributed by atoms with Gasteiger partial charge in [-0.05, 0) is 24.3 Å². The molecule has 0 fully saturated rings. The summed E-state index contributed by atoms with van der Waals surface area (Å²) in [6.45, 7) is -0.735. The fraction of sp³-hybridized carbons (Fsp3) is 0.167. The van der Waals surface area contributed by atoms with Crippen molar-refractivity contribution in [1.82, 2.24) is 9.62 Å². The van der Waals surface area contributed by atoms with E-state index in [1.807, 2.05) is 0 Å². The molecule has 2 N–H and O–H groups in total. The third kappa shape index (κ3) is 4.39. The van der Waals surface area contributed by atoms with Gasteiger partial charge in [0.2, 0.25) is 15.9 Å². The number of rotatable bonds is 7. The topological polar surface area (TPSA) is 113 Å². The lowest BCUT2D eigenvalue weighted by Crippen LogP contribution is -2.39. The highest BCUT2D eigenvalue weighted by Crippen LogP contribution is 2.22. The first-order valence-electron chi connectivity index (χ1n) is 8.15. The van der Waals surface area contributed by atoms with Gasteiger partial charge in [-0.25, -0.2) is 13.1 Å². The van der Waals surface area contributed by atoms with Gasteiger partial charge in [0.05, 0.1) is 23.4 Å². The molecule has 0 unspecified atom stereocenters. The van der Waals surface area contributed by atoms with Gasteiger partial charge >= 0.3 is 0 Å². The highest BCUT2D eigenvalue weighted by atomic mass is 32.2. The summed E-state index contributed by atoms with van der Waals surface area (Å²) in [5, 5.41) is 2.55. The first-order chi connectivity index (χ1) is 12.9. The molecule has 0 saturated heterocycles. The molecule has 140 valence electrons. The number of benzene rings is 2. The van der Waals surface area contributed by atoms with E-state index in [0.29, 0.717) is 5.69 Å². The fourth-order valence-electron chi connectivity index (χ4n) is 2.63. The summed E-state index contributed by atoms with van der Waals surface area (Å²) in [5.74, 6) is -2.05. The SMILES string of the molecule is O=C(CNS(=O)(=O)CCN1C(=O)c2ccccc2C1=O)Nc1ccccc1. The summed E-state index contributed by atoms with van der Waals surface area (Å²) < 4.78 is 26.3. The minimum Gasteiger partial charge on any atom is -0.325 e. The van der Waals surface area contributed by atoms with Crippen molar-refractivity contribution in [2.45, 2.75) is 0 Å². The molecule has 0 saturated carbocycles. The number of carbonyl (C=O) groups is 3. The second kappa shape index (κ2) is 7.68. The van der Waals surface area contributed by atoms with E-state index in [9.17, 15) is 22.8 Å². The number of sulfonamides is 1. The molecule has 2 aromatic rings. The van der Waals surface area contributed by atoms with Crippen molar-refractivity contribution < 1.29 is 22.8 Å². The Balaban J connectivity index is 1.53. The maximum atomic E-state index is 12.2. The van der Waals surface area contributed by atoms with Crippen LogP contribution in [0.3, 0.4) is 0 Å². The minimum absolute atomic E-state index is 0.259. The highest BCUT2D eigenvalue weighted by molar-refractivity contribution is 7.89. The molecule has 27 heavy (non-hydrogen) atoms. The van der Waals surface area contributed by atoms with Crippen LogP contribution in [0, 0.1) is 0 Å². The molecule has 0 spiro atoms. The van der Waals surface area contributed by atoms with Crippen LogP contribution in [0.2, 0.25) is 0 Å². The molecule has 0 bridgehead atoms. The zero-order chi connectivity index (χ0) is 19.4. The van der Waals surface area contributed by atoms with E-state index in [2.05, 4.69) is 10.0 Å². The summed E-state index contributed by atoms with van der Waals surface area (Å²) in [6.07, 6.45) is 0. The van der Waals surface area contributed by atoms with Gasteiger partial charge in [-0.2, -0.15) is 0 Å². The Hall–Kier alpha value is -3.04. The number of nitrogens with one attached hydrogen (secondary N) is 2. The van der Waals surface area contributed by atoms with E-state index in [1.165, 1.54) is 12.1 Å². The van der Waals surface area contributed by atoms with Crippen molar-refractivity contribution in [2.24, 2.45) is 0 Å². The zero-order valence-electron chi connectivity index (χ0n) is 14.2. The monoisotopic (exact) mass is 387 g/mol. The predicted molar refractivity (Wildman–Crippen MR) is 98.7 cm³/mol. The molecule has 0 aliphatic carbocycles. The Labute approximate surface area is 156 Å². The molecule has 0 aromatic heterocycles. The number of anilines is 1. The molecule has 1 aliphatic rings. The number of hydrogen-bond acceptors (Lipinski definition) is 5. The molecule has 3 rings (SSSR count). The number of imide groups is 1. The lowest BCUT2D eigenvalue weighted by molar-refractivity contribution is -0.115. The standard InChI is InChI=1S/C18H17N3O5S/c22-16(20-13-6-2-1-3-7-13)12-19-27(25,26)11-10-21-17(23)14-8-4-5-9-15(14)18(21)24/h1-9,19H,10-12H2,(H,20,22). The van der Waals surface area contributed by atoms with Crippen LogP contribution < -0.4 is 10.0 Å². The number of amides is 3. The summed E-state index contributed by atoms with van der Waals surface area (Å²) in [7, 11) is -3.85. The van der Waals surface area contributed by atoms with Gasteiger partial charge in [0, 0.05) is 12.2 Å². The van der Waals surface area contributed by atoms with Crippen LogP contribution in [0.1, 0.15) is 20.7 Å². The Bertz CT molecular complexity index is 954. The summed E-state index contributed by atoms with van der Waals surface area (Å²) in [4.78, 5) is 37.2. The maximum absolute atomic E-state index is 12.2. The van der Waals surface area contributed by atoms with Crippen molar-refractivity contribution in [3.8, 4) is 0 Å². The Morgan fingerprint density at radius 3 is 2.04 bits per heavy atom. The van der Waals surface area contributed by atoms with Crippen LogP contribution in [-0.2, 0) is 14.8 Å². The van der Waals surface area contributed by atoms with Crippen LogP contribution in [0.15, 0.2) is 54.6 Å². The molecule has 8 nitrogen and oxygen atoms in total.